The molecule has 0 aliphatic carbocycles. The zero-order valence-electron chi connectivity index (χ0n) is 68.9. The minimum atomic E-state index is -4.97. The Morgan fingerprint density at radius 1 is 0.264 bits per heavy atom. The van der Waals surface area contributed by atoms with Crippen LogP contribution in [0.5, 0.6) is 0 Å². The summed E-state index contributed by atoms with van der Waals surface area (Å²) < 4.78 is 68.8. The molecule has 0 amide bonds. The topological polar surface area (TPSA) is 237 Å². The van der Waals surface area contributed by atoms with Gasteiger partial charge in [-0.25, -0.2) is 9.13 Å². The van der Waals surface area contributed by atoms with Crippen LogP contribution in [-0.2, 0) is 65.4 Å². The molecule has 0 aliphatic rings. The van der Waals surface area contributed by atoms with Crippen molar-refractivity contribution >= 4 is 39.5 Å². The molecule has 106 heavy (non-hydrogen) atoms. The third-order valence-electron chi connectivity index (χ3n) is 20.0. The first kappa shape index (κ1) is 104. The zero-order valence-corrected chi connectivity index (χ0v) is 70.7. The van der Waals surface area contributed by atoms with Crippen LogP contribution in [0.2, 0.25) is 0 Å². The summed E-state index contributed by atoms with van der Waals surface area (Å²) in [6.45, 7) is 4.98. The third kappa shape index (κ3) is 79.6. The van der Waals surface area contributed by atoms with E-state index >= 15 is 0 Å². The Kier molecular flexibility index (Phi) is 78.7. The number of carbonyl (C=O) groups excluding carboxylic acids is 4. The predicted molar refractivity (Wildman–Crippen MR) is 437 cm³/mol. The van der Waals surface area contributed by atoms with E-state index in [2.05, 4.69) is 52.0 Å². The summed E-state index contributed by atoms with van der Waals surface area (Å²) >= 11 is 0. The number of carbonyl (C=O) groups is 4. The van der Waals surface area contributed by atoms with Gasteiger partial charge in [-0.2, -0.15) is 0 Å². The molecule has 19 heteroatoms. The molecule has 17 nitrogen and oxygen atoms in total. The quantitative estimate of drug-likeness (QED) is 0.0169. The Labute approximate surface area is 650 Å². The Morgan fingerprint density at radius 3 is 0.689 bits per heavy atom. The van der Waals surface area contributed by atoms with E-state index in [0.717, 1.165) is 103 Å². The van der Waals surface area contributed by atoms with Crippen LogP contribution in [0.4, 0.5) is 0 Å². The summed E-state index contributed by atoms with van der Waals surface area (Å²) in [7, 11) is -9.94. The molecule has 0 aromatic rings. The van der Waals surface area contributed by atoms with Crippen molar-refractivity contribution in [2.75, 3.05) is 39.6 Å². The minimum Gasteiger partial charge on any atom is -0.462 e. The van der Waals surface area contributed by atoms with Crippen molar-refractivity contribution in [3.8, 4) is 0 Å². The largest absolute Gasteiger partial charge is 0.472 e. The van der Waals surface area contributed by atoms with E-state index in [1.165, 1.54) is 270 Å². The number of aliphatic hydroxyl groups is 1. The number of phosphoric acid groups is 2. The molecule has 0 saturated carbocycles. The van der Waals surface area contributed by atoms with E-state index in [9.17, 15) is 43.2 Å². The number of rotatable bonds is 86. The summed E-state index contributed by atoms with van der Waals surface area (Å²) in [5.74, 6) is -2.13. The summed E-state index contributed by atoms with van der Waals surface area (Å²) in [5, 5.41) is 10.7. The van der Waals surface area contributed by atoms with Gasteiger partial charge in [0, 0.05) is 25.7 Å². The first-order valence-corrected chi connectivity index (χ1v) is 47.6. The molecule has 0 heterocycles. The highest BCUT2D eigenvalue weighted by Crippen LogP contribution is 2.45. The SMILES string of the molecule is CCCCCC/C=C\C=C/CCCCCCCC(=O)O[C@H](COC(=O)CCCCCCCCCCCC)COP(=O)(O)OC[C@H](O)COP(=O)(O)OC[C@@H](COC(=O)CCCCCCCCCCCCCCCCCCCCC)OC(=O)CCCCCCCCCCCCCCCCCCCCCCCC. The van der Waals surface area contributed by atoms with E-state index < -0.39 is 97.5 Å². The second kappa shape index (κ2) is 80.6. The molecule has 0 aromatic carbocycles. The molecule has 3 N–H and O–H groups in total. The fourth-order valence-corrected chi connectivity index (χ4v) is 14.7. The Balaban J connectivity index is 5.24. The number of hydrogen-bond donors (Lipinski definition) is 3. The molecule has 0 aliphatic heterocycles. The van der Waals surface area contributed by atoms with Crippen molar-refractivity contribution in [2.45, 2.75) is 470 Å². The lowest BCUT2D eigenvalue weighted by Crippen LogP contribution is -2.30. The Morgan fingerprint density at radius 2 is 0.453 bits per heavy atom. The van der Waals surface area contributed by atoms with Gasteiger partial charge in [0.1, 0.15) is 19.3 Å². The van der Waals surface area contributed by atoms with Gasteiger partial charge in [-0.3, -0.25) is 37.3 Å². The second-order valence-corrected chi connectivity index (χ2v) is 33.5. The molecule has 0 saturated heterocycles. The maximum atomic E-state index is 13.1. The van der Waals surface area contributed by atoms with Gasteiger partial charge in [0.25, 0.3) is 0 Å². The van der Waals surface area contributed by atoms with Crippen molar-refractivity contribution in [3.63, 3.8) is 0 Å². The lowest BCUT2D eigenvalue weighted by Gasteiger charge is -2.21. The standard InChI is InChI=1S/C87H166O17P2/c1-5-9-13-17-21-25-29-32-35-37-39-40-41-43-45-48-51-54-58-62-66-70-74-87(92)104-83(78-98-85(90)72-68-64-60-56-52-49-47-44-42-38-36-33-30-26-22-18-14-10-6-2)80-102-106(95,96)100-76-81(88)75-99-105(93,94)101-79-82(77-97-84(89)71-67-63-59-55-28-24-20-16-12-8-4)103-86(91)73-69-65-61-57-53-50-46-34-31-27-23-19-15-11-7-3/h27,31,34,46,81-83,88H,5-26,28-30,32-33,35-45,47-80H2,1-4H3,(H,93,94)(H,95,96)/b31-27-,46-34-/t81-,82+,83+/m0/s1. The van der Waals surface area contributed by atoms with Crippen LogP contribution < -0.4 is 0 Å². The number of allylic oxidation sites excluding steroid dienone is 4. The van der Waals surface area contributed by atoms with Crippen LogP contribution in [-0.4, -0.2) is 96.7 Å². The minimum absolute atomic E-state index is 0.0859. The molecule has 626 valence electrons. The Hall–Kier alpha value is -2.46. The normalized spacial score (nSPS) is 13.8. The Bertz CT molecular complexity index is 2090. The van der Waals surface area contributed by atoms with E-state index in [1.54, 1.807) is 0 Å². The predicted octanol–water partition coefficient (Wildman–Crippen LogP) is 26.5. The second-order valence-electron chi connectivity index (χ2n) is 30.6. The smallest absolute Gasteiger partial charge is 0.462 e. The van der Waals surface area contributed by atoms with Gasteiger partial charge in [-0.15, -0.1) is 0 Å². The maximum Gasteiger partial charge on any atom is 0.472 e. The molecule has 0 aromatic heterocycles. The number of hydrogen-bond acceptors (Lipinski definition) is 15. The fraction of sp³-hybridized carbons (Fsp3) is 0.908. The van der Waals surface area contributed by atoms with Gasteiger partial charge in [0.15, 0.2) is 12.2 Å². The highest BCUT2D eigenvalue weighted by molar-refractivity contribution is 7.47. The average molecular weight is 1550 g/mol. The summed E-state index contributed by atoms with van der Waals surface area (Å²) in [4.78, 5) is 73.2. The maximum absolute atomic E-state index is 13.1. The van der Waals surface area contributed by atoms with Crippen molar-refractivity contribution in [2.24, 2.45) is 0 Å². The van der Waals surface area contributed by atoms with E-state index in [4.69, 9.17) is 37.0 Å². The van der Waals surface area contributed by atoms with Crippen molar-refractivity contribution < 1.29 is 80.2 Å². The van der Waals surface area contributed by atoms with Gasteiger partial charge < -0.3 is 33.8 Å². The number of unbranched alkanes of at least 4 members (excludes halogenated alkanes) is 57. The molecule has 5 atom stereocenters. The van der Waals surface area contributed by atoms with Crippen LogP contribution in [0.25, 0.3) is 0 Å². The number of phosphoric ester groups is 2. The summed E-state index contributed by atoms with van der Waals surface area (Å²) in [6, 6.07) is 0. The number of esters is 4. The highest BCUT2D eigenvalue weighted by Gasteiger charge is 2.30. The zero-order chi connectivity index (χ0) is 77.4. The summed E-state index contributed by atoms with van der Waals surface area (Å²) in [5.41, 5.74) is 0. The molecular weight excluding hydrogens is 1380 g/mol. The average Bonchev–Trinajstić information content (AvgIpc) is 0.915. The molecule has 0 radical (unpaired) electrons. The fourth-order valence-electron chi connectivity index (χ4n) is 13.2. The van der Waals surface area contributed by atoms with Crippen LogP contribution in [0.3, 0.4) is 0 Å². The third-order valence-corrected chi connectivity index (χ3v) is 21.9. The van der Waals surface area contributed by atoms with Gasteiger partial charge >= 0.3 is 39.5 Å². The van der Waals surface area contributed by atoms with Crippen molar-refractivity contribution in [1.29, 1.82) is 0 Å². The van der Waals surface area contributed by atoms with E-state index in [-0.39, 0.29) is 25.7 Å². The first-order chi connectivity index (χ1) is 51.7. The molecule has 0 bridgehead atoms. The van der Waals surface area contributed by atoms with E-state index in [1.807, 2.05) is 0 Å². The van der Waals surface area contributed by atoms with Crippen LogP contribution >= 0.6 is 15.6 Å². The lowest BCUT2D eigenvalue weighted by molar-refractivity contribution is -0.161. The van der Waals surface area contributed by atoms with Crippen LogP contribution in [0.15, 0.2) is 24.3 Å². The number of aliphatic hydroxyl groups excluding tert-OH is 1. The van der Waals surface area contributed by atoms with Gasteiger partial charge in [0.2, 0.25) is 0 Å². The van der Waals surface area contributed by atoms with E-state index in [0.29, 0.717) is 25.7 Å². The van der Waals surface area contributed by atoms with Crippen molar-refractivity contribution in [1.82, 2.24) is 0 Å². The first-order valence-electron chi connectivity index (χ1n) is 44.6. The molecule has 0 rings (SSSR count). The van der Waals surface area contributed by atoms with Crippen LogP contribution in [0.1, 0.15) is 451 Å². The molecular formula is C87H166O17P2. The van der Waals surface area contributed by atoms with Crippen LogP contribution in [0, 0.1) is 0 Å². The summed E-state index contributed by atoms with van der Waals surface area (Å²) in [6.07, 6.45) is 78.7. The van der Waals surface area contributed by atoms with Gasteiger partial charge in [-0.05, 0) is 51.4 Å². The lowest BCUT2D eigenvalue weighted by atomic mass is 10.0. The molecule has 0 fully saturated rings. The monoisotopic (exact) mass is 1550 g/mol. The highest BCUT2D eigenvalue weighted by atomic mass is 31.2. The van der Waals surface area contributed by atoms with Gasteiger partial charge in [-0.1, -0.05) is 399 Å². The number of ether oxygens (including phenoxy) is 4. The van der Waals surface area contributed by atoms with Gasteiger partial charge in [0.05, 0.1) is 26.4 Å². The molecule has 0 spiro atoms. The molecule has 2 unspecified atom stereocenters. The van der Waals surface area contributed by atoms with Crippen molar-refractivity contribution in [3.05, 3.63) is 24.3 Å².